The van der Waals surface area contributed by atoms with Crippen molar-refractivity contribution in [3.63, 3.8) is 0 Å². The predicted octanol–water partition coefficient (Wildman–Crippen LogP) is 2.47. The Labute approximate surface area is 153 Å². The zero-order chi connectivity index (χ0) is 18.7. The number of nitrogens with one attached hydrogen (secondary N) is 1. The van der Waals surface area contributed by atoms with Crippen LogP contribution in [-0.2, 0) is 10.0 Å². The number of alkyl halides is 2. The van der Waals surface area contributed by atoms with Gasteiger partial charge in [-0.3, -0.25) is 0 Å². The van der Waals surface area contributed by atoms with E-state index in [1.54, 1.807) is 12.1 Å². The smallest absolute Gasteiger partial charge is 0.387 e. The standard InChI is InChI=1S/C15H18F2N4O3S2/c16-14(17)24-12-5-3-11(4-6-12)21-7-1-2-10(9-21)20-15-19-8-13(25-15)26(18,22)23/h3-6,8,10,14H,1-2,7,9H2,(H,19,20)(H2,18,22,23). The molecule has 0 amide bonds. The van der Waals surface area contributed by atoms with Gasteiger partial charge < -0.3 is 15.0 Å². The lowest BCUT2D eigenvalue weighted by molar-refractivity contribution is -0.0498. The van der Waals surface area contributed by atoms with Gasteiger partial charge in [0.05, 0.1) is 6.20 Å². The molecule has 2 heterocycles. The normalized spacial score (nSPS) is 18.2. The minimum atomic E-state index is -3.75. The van der Waals surface area contributed by atoms with E-state index in [0.717, 1.165) is 36.4 Å². The quantitative estimate of drug-likeness (QED) is 0.768. The molecule has 7 nitrogen and oxygen atoms in total. The first-order chi connectivity index (χ1) is 12.3. The highest BCUT2D eigenvalue weighted by Gasteiger charge is 2.22. The number of halogens is 2. The number of hydrogen-bond acceptors (Lipinski definition) is 7. The number of nitrogens with two attached hydrogens (primary N) is 1. The van der Waals surface area contributed by atoms with E-state index < -0.39 is 16.6 Å². The van der Waals surface area contributed by atoms with Crippen molar-refractivity contribution in [3.8, 4) is 5.75 Å². The molecule has 11 heteroatoms. The van der Waals surface area contributed by atoms with Crippen LogP contribution >= 0.6 is 11.3 Å². The van der Waals surface area contributed by atoms with Crippen LogP contribution in [0.25, 0.3) is 0 Å². The first-order valence-electron chi connectivity index (χ1n) is 7.86. The molecule has 1 aromatic heterocycles. The number of rotatable bonds is 6. The summed E-state index contributed by atoms with van der Waals surface area (Å²) in [6, 6.07) is 6.58. The van der Waals surface area contributed by atoms with Gasteiger partial charge in [0.1, 0.15) is 5.75 Å². The lowest BCUT2D eigenvalue weighted by Crippen LogP contribution is -2.42. The number of primary sulfonamides is 1. The monoisotopic (exact) mass is 404 g/mol. The Kier molecular flexibility index (Phi) is 5.58. The van der Waals surface area contributed by atoms with Crippen molar-refractivity contribution in [1.82, 2.24) is 4.98 Å². The summed E-state index contributed by atoms with van der Waals surface area (Å²) in [7, 11) is -3.75. The molecule has 3 rings (SSSR count). The molecule has 26 heavy (non-hydrogen) atoms. The number of benzene rings is 1. The number of anilines is 2. The molecule has 3 N–H and O–H groups in total. The topological polar surface area (TPSA) is 97.6 Å². The Morgan fingerprint density at radius 1 is 1.35 bits per heavy atom. The third kappa shape index (κ3) is 4.80. The largest absolute Gasteiger partial charge is 0.435 e. The van der Waals surface area contributed by atoms with E-state index in [1.807, 2.05) is 0 Å². The number of thiazole rings is 1. The van der Waals surface area contributed by atoms with Crippen molar-refractivity contribution in [2.45, 2.75) is 29.7 Å². The first kappa shape index (κ1) is 18.8. The van der Waals surface area contributed by atoms with Gasteiger partial charge in [-0.05, 0) is 37.1 Å². The maximum Gasteiger partial charge on any atom is 0.387 e. The zero-order valence-electron chi connectivity index (χ0n) is 13.6. The third-order valence-corrected chi connectivity index (χ3v) is 6.28. The van der Waals surface area contributed by atoms with E-state index in [-0.39, 0.29) is 16.0 Å². The van der Waals surface area contributed by atoms with Crippen LogP contribution in [0.5, 0.6) is 5.75 Å². The molecular formula is C15H18F2N4O3S2. The Balaban J connectivity index is 1.63. The van der Waals surface area contributed by atoms with Gasteiger partial charge in [0.2, 0.25) is 10.0 Å². The number of aromatic nitrogens is 1. The number of hydrogen-bond donors (Lipinski definition) is 2. The first-order valence-corrected chi connectivity index (χ1v) is 10.2. The fourth-order valence-corrected chi connectivity index (χ4v) is 4.33. The van der Waals surface area contributed by atoms with Crippen LogP contribution in [0.3, 0.4) is 0 Å². The Bertz CT molecular complexity index is 843. The summed E-state index contributed by atoms with van der Waals surface area (Å²) in [5, 5.41) is 8.83. The lowest BCUT2D eigenvalue weighted by atomic mass is 10.1. The summed E-state index contributed by atoms with van der Waals surface area (Å²) in [5.74, 6) is 0.119. The van der Waals surface area contributed by atoms with E-state index in [9.17, 15) is 17.2 Å². The molecule has 1 aromatic carbocycles. The van der Waals surface area contributed by atoms with Gasteiger partial charge in [0.25, 0.3) is 0 Å². The predicted molar refractivity (Wildman–Crippen MR) is 95.4 cm³/mol. The van der Waals surface area contributed by atoms with Gasteiger partial charge in [-0.2, -0.15) is 8.78 Å². The summed E-state index contributed by atoms with van der Waals surface area (Å²) >= 11 is 0.997. The molecule has 0 aliphatic carbocycles. The maximum atomic E-state index is 12.2. The molecule has 0 radical (unpaired) electrons. The SMILES string of the molecule is NS(=O)(=O)c1cnc(NC2CCCN(c3ccc(OC(F)F)cc3)C2)s1. The molecule has 1 unspecified atom stereocenters. The highest BCUT2D eigenvalue weighted by Crippen LogP contribution is 2.27. The molecule has 1 atom stereocenters. The van der Waals surface area contributed by atoms with Crippen LogP contribution < -0.4 is 20.1 Å². The van der Waals surface area contributed by atoms with Crippen LogP contribution in [-0.4, -0.2) is 39.1 Å². The fourth-order valence-electron chi connectivity index (χ4n) is 2.80. The second kappa shape index (κ2) is 7.72. The molecule has 0 saturated carbocycles. The molecule has 1 aliphatic rings. The van der Waals surface area contributed by atoms with Crippen molar-refractivity contribution in [1.29, 1.82) is 0 Å². The summed E-state index contributed by atoms with van der Waals surface area (Å²) in [5.41, 5.74) is 0.905. The summed E-state index contributed by atoms with van der Waals surface area (Å²) in [4.78, 5) is 6.18. The second-order valence-electron chi connectivity index (χ2n) is 5.83. The molecule has 1 aliphatic heterocycles. The zero-order valence-corrected chi connectivity index (χ0v) is 15.3. The van der Waals surface area contributed by atoms with Crippen molar-refractivity contribution in [3.05, 3.63) is 30.5 Å². The van der Waals surface area contributed by atoms with E-state index in [1.165, 1.54) is 18.3 Å². The van der Waals surface area contributed by atoms with Crippen LogP contribution in [0.1, 0.15) is 12.8 Å². The number of piperidine rings is 1. The number of nitrogens with zero attached hydrogens (tertiary/aromatic N) is 2. The van der Waals surface area contributed by atoms with Crippen LogP contribution in [0.4, 0.5) is 19.6 Å². The van der Waals surface area contributed by atoms with Gasteiger partial charge >= 0.3 is 6.61 Å². The molecule has 2 aromatic rings. The third-order valence-electron chi connectivity index (χ3n) is 3.94. The van der Waals surface area contributed by atoms with Crippen LogP contribution in [0, 0.1) is 0 Å². The number of ether oxygens (including phenoxy) is 1. The van der Waals surface area contributed by atoms with Crippen LogP contribution in [0.15, 0.2) is 34.7 Å². The summed E-state index contributed by atoms with van der Waals surface area (Å²) in [6.07, 6.45) is 3.08. The second-order valence-corrected chi connectivity index (χ2v) is 8.65. The van der Waals surface area contributed by atoms with Crippen molar-refractivity contribution >= 4 is 32.2 Å². The lowest BCUT2D eigenvalue weighted by Gasteiger charge is -2.34. The van der Waals surface area contributed by atoms with Gasteiger partial charge in [0, 0.05) is 24.8 Å². The van der Waals surface area contributed by atoms with Crippen molar-refractivity contribution in [2.24, 2.45) is 5.14 Å². The highest BCUT2D eigenvalue weighted by atomic mass is 32.2. The molecular weight excluding hydrogens is 386 g/mol. The van der Waals surface area contributed by atoms with E-state index in [4.69, 9.17) is 5.14 Å². The summed E-state index contributed by atoms with van der Waals surface area (Å²) in [6.45, 7) is -1.32. The Hall–Kier alpha value is -1.98. The molecule has 1 saturated heterocycles. The minimum Gasteiger partial charge on any atom is -0.435 e. The molecule has 0 bridgehead atoms. The van der Waals surface area contributed by atoms with Crippen molar-refractivity contribution in [2.75, 3.05) is 23.3 Å². The Morgan fingerprint density at radius 2 is 2.08 bits per heavy atom. The fraction of sp³-hybridized carbons (Fsp3) is 0.400. The van der Waals surface area contributed by atoms with Gasteiger partial charge in [-0.1, -0.05) is 11.3 Å². The average Bonchev–Trinajstić information content (AvgIpc) is 3.04. The van der Waals surface area contributed by atoms with Gasteiger partial charge in [-0.25, -0.2) is 18.5 Å². The Morgan fingerprint density at radius 3 is 2.69 bits per heavy atom. The van der Waals surface area contributed by atoms with E-state index in [0.29, 0.717) is 11.7 Å². The molecule has 0 spiro atoms. The average molecular weight is 404 g/mol. The molecule has 1 fully saturated rings. The van der Waals surface area contributed by atoms with E-state index in [2.05, 4.69) is 19.9 Å². The summed E-state index contributed by atoms with van der Waals surface area (Å²) < 4.78 is 51.5. The van der Waals surface area contributed by atoms with Gasteiger partial charge in [-0.15, -0.1) is 0 Å². The van der Waals surface area contributed by atoms with E-state index >= 15 is 0 Å². The highest BCUT2D eigenvalue weighted by molar-refractivity contribution is 7.91. The van der Waals surface area contributed by atoms with Gasteiger partial charge in [0.15, 0.2) is 9.34 Å². The van der Waals surface area contributed by atoms with Crippen molar-refractivity contribution < 1.29 is 21.9 Å². The maximum absolute atomic E-state index is 12.2. The number of sulfonamides is 1. The molecule has 142 valence electrons. The minimum absolute atomic E-state index is 0.0160. The van der Waals surface area contributed by atoms with Crippen LogP contribution in [0.2, 0.25) is 0 Å².